The van der Waals surface area contributed by atoms with E-state index >= 15 is 0 Å². The molecule has 0 heterocycles. The Hall–Kier alpha value is -1.63. The van der Waals surface area contributed by atoms with Gasteiger partial charge in [0.05, 0.1) is 0 Å². The van der Waals surface area contributed by atoms with Gasteiger partial charge >= 0.3 is 11.9 Å². The van der Waals surface area contributed by atoms with Gasteiger partial charge in [-0.3, -0.25) is 9.59 Å². The summed E-state index contributed by atoms with van der Waals surface area (Å²) in [5.41, 5.74) is 0. The van der Waals surface area contributed by atoms with Crippen molar-refractivity contribution in [3.05, 3.63) is 0 Å². The van der Waals surface area contributed by atoms with Gasteiger partial charge in [-0.2, -0.15) is 0 Å². The highest BCUT2D eigenvalue weighted by Crippen LogP contribution is 2.11. The van der Waals surface area contributed by atoms with Crippen LogP contribution in [0.2, 0.25) is 0 Å². The zero-order chi connectivity index (χ0) is 21.2. The van der Waals surface area contributed by atoms with E-state index in [1.807, 2.05) is 0 Å². The number of hydrogen-bond donors (Lipinski definition) is 2. The van der Waals surface area contributed by atoms with Crippen molar-refractivity contribution in [3.63, 3.8) is 0 Å². The summed E-state index contributed by atoms with van der Waals surface area (Å²) in [5, 5.41) is 12.1. The van der Waals surface area contributed by atoms with Crippen LogP contribution in [0.3, 0.4) is 0 Å². The van der Waals surface area contributed by atoms with E-state index in [-0.39, 0.29) is 25.1 Å². The van der Waals surface area contributed by atoms with Crippen LogP contribution < -0.4 is 5.32 Å². The molecule has 7 heteroatoms. The van der Waals surface area contributed by atoms with E-state index in [0.717, 1.165) is 19.3 Å². The maximum Gasteiger partial charge on any atom is 0.328 e. The van der Waals surface area contributed by atoms with Crippen molar-refractivity contribution in [2.24, 2.45) is 0 Å². The molecule has 0 aliphatic heterocycles. The minimum Gasteiger partial charge on any atom is -0.463 e. The van der Waals surface area contributed by atoms with E-state index in [2.05, 4.69) is 12.2 Å². The van der Waals surface area contributed by atoms with E-state index in [1.165, 1.54) is 58.8 Å². The van der Waals surface area contributed by atoms with Crippen molar-refractivity contribution in [1.29, 1.82) is 0 Å². The molecule has 0 spiro atoms. The Bertz CT molecular complexity index is 441. The number of carbonyl (C=O) groups excluding carboxylic acids is 3. The quantitative estimate of drug-likeness (QED) is 0.286. The fourth-order valence-corrected chi connectivity index (χ4v) is 2.73. The molecule has 0 aliphatic rings. The third-order valence-corrected chi connectivity index (χ3v) is 4.36. The van der Waals surface area contributed by atoms with Crippen LogP contribution in [0.5, 0.6) is 0 Å². The van der Waals surface area contributed by atoms with E-state index in [0.29, 0.717) is 6.42 Å². The molecular weight excluding hydrogens is 362 g/mol. The highest BCUT2D eigenvalue weighted by atomic mass is 16.6. The lowest BCUT2D eigenvalue weighted by molar-refractivity contribution is -0.154. The normalized spacial score (nSPS) is 12.9. The average molecular weight is 402 g/mol. The number of ether oxygens (including phenoxy) is 2. The van der Waals surface area contributed by atoms with Crippen LogP contribution in [0.4, 0.5) is 0 Å². The summed E-state index contributed by atoms with van der Waals surface area (Å²) < 4.78 is 9.86. The van der Waals surface area contributed by atoms with Crippen LogP contribution in [0, 0.1) is 0 Å². The first kappa shape index (κ1) is 26.4. The van der Waals surface area contributed by atoms with E-state index < -0.39 is 18.1 Å². The zero-order valence-corrected chi connectivity index (χ0v) is 17.8. The number of rotatable bonds is 17. The molecule has 0 aliphatic carbocycles. The number of hydrogen-bond acceptors (Lipinski definition) is 6. The molecule has 0 aromatic carbocycles. The topological polar surface area (TPSA) is 102 Å². The molecule has 0 aromatic heterocycles. The predicted octanol–water partition coefficient (Wildman–Crippen LogP) is 3.27. The number of nitrogens with one attached hydrogen (secondary N) is 1. The largest absolute Gasteiger partial charge is 0.463 e. The highest BCUT2D eigenvalue weighted by molar-refractivity contribution is 5.82. The second-order valence-electron chi connectivity index (χ2n) is 7.32. The molecule has 0 saturated carbocycles. The van der Waals surface area contributed by atoms with E-state index in [9.17, 15) is 19.5 Å². The summed E-state index contributed by atoms with van der Waals surface area (Å²) in [6.07, 6.45) is 11.2. The molecule has 1 unspecified atom stereocenters. The third-order valence-electron chi connectivity index (χ3n) is 4.36. The van der Waals surface area contributed by atoms with Crippen LogP contribution in [0.15, 0.2) is 0 Å². The molecule has 0 radical (unpaired) electrons. The summed E-state index contributed by atoms with van der Waals surface area (Å²) in [5.74, 6) is -1.34. The summed E-state index contributed by atoms with van der Waals surface area (Å²) in [6.45, 7) is 4.51. The number of aliphatic hydroxyl groups is 1. The first-order chi connectivity index (χ1) is 13.4. The number of esters is 2. The monoisotopic (exact) mass is 401 g/mol. The molecule has 1 amide bonds. The number of aliphatic hydroxyl groups excluding tert-OH is 1. The number of unbranched alkanes of at least 4 members (excludes halogenated alkanes) is 9. The molecule has 0 saturated heterocycles. The van der Waals surface area contributed by atoms with Gasteiger partial charge in [-0.15, -0.1) is 0 Å². The fourth-order valence-electron chi connectivity index (χ4n) is 2.73. The van der Waals surface area contributed by atoms with Gasteiger partial charge in [0.2, 0.25) is 5.91 Å². The third kappa shape index (κ3) is 16.5. The summed E-state index contributed by atoms with van der Waals surface area (Å²) in [6, 6.07) is -0.788. The summed E-state index contributed by atoms with van der Waals surface area (Å²) in [4.78, 5) is 34.1. The highest BCUT2D eigenvalue weighted by Gasteiger charge is 2.17. The smallest absolute Gasteiger partial charge is 0.328 e. The van der Waals surface area contributed by atoms with Crippen molar-refractivity contribution in [2.45, 2.75) is 104 Å². The first-order valence-corrected chi connectivity index (χ1v) is 10.6. The van der Waals surface area contributed by atoms with Gasteiger partial charge in [-0.25, -0.2) is 4.79 Å². The standard InChI is InChI=1S/C21H39NO6/c1-4-5-6-7-8-9-10-11-12-13-14-20(25)27-15-19(24)16-28-21(26)17(2)22-18(3)23/h17,19,24H,4-16H2,1-3H3,(H,22,23)/t17-,19?/m1/s1. The lowest BCUT2D eigenvalue weighted by Crippen LogP contribution is -2.39. The van der Waals surface area contributed by atoms with Crippen molar-refractivity contribution < 1.29 is 29.0 Å². The van der Waals surface area contributed by atoms with Gasteiger partial charge in [0.25, 0.3) is 0 Å². The second kappa shape index (κ2) is 17.5. The van der Waals surface area contributed by atoms with Gasteiger partial charge in [-0.1, -0.05) is 64.7 Å². The maximum atomic E-state index is 11.7. The van der Waals surface area contributed by atoms with Crippen molar-refractivity contribution in [1.82, 2.24) is 5.32 Å². The maximum absolute atomic E-state index is 11.7. The molecule has 0 fully saturated rings. The van der Waals surface area contributed by atoms with Crippen molar-refractivity contribution in [2.75, 3.05) is 13.2 Å². The molecule has 28 heavy (non-hydrogen) atoms. The molecule has 0 rings (SSSR count). The zero-order valence-electron chi connectivity index (χ0n) is 17.8. The van der Waals surface area contributed by atoms with Crippen molar-refractivity contribution >= 4 is 17.8 Å². The molecular formula is C21H39NO6. The van der Waals surface area contributed by atoms with Crippen LogP contribution in [-0.4, -0.2) is 48.3 Å². The lowest BCUT2D eigenvalue weighted by atomic mass is 10.1. The first-order valence-electron chi connectivity index (χ1n) is 10.6. The number of carbonyl (C=O) groups is 3. The molecule has 7 nitrogen and oxygen atoms in total. The Labute approximate surface area is 169 Å². The van der Waals surface area contributed by atoms with Crippen LogP contribution in [-0.2, 0) is 23.9 Å². The summed E-state index contributed by atoms with van der Waals surface area (Å²) >= 11 is 0. The van der Waals surface area contributed by atoms with Gasteiger partial charge in [0.15, 0.2) is 0 Å². The molecule has 0 aromatic rings. The Balaban J connectivity index is 3.57. The Morgan fingerprint density at radius 3 is 1.89 bits per heavy atom. The molecule has 2 N–H and O–H groups in total. The fraction of sp³-hybridized carbons (Fsp3) is 0.857. The molecule has 164 valence electrons. The van der Waals surface area contributed by atoms with Gasteiger partial charge in [-0.05, 0) is 13.3 Å². The Morgan fingerprint density at radius 2 is 1.36 bits per heavy atom. The molecule has 2 atom stereocenters. The predicted molar refractivity (Wildman–Crippen MR) is 108 cm³/mol. The van der Waals surface area contributed by atoms with E-state index in [4.69, 9.17) is 9.47 Å². The average Bonchev–Trinajstić information content (AvgIpc) is 2.65. The summed E-state index contributed by atoms with van der Waals surface area (Å²) in [7, 11) is 0. The van der Waals surface area contributed by atoms with Crippen LogP contribution >= 0.6 is 0 Å². The second-order valence-corrected chi connectivity index (χ2v) is 7.32. The van der Waals surface area contributed by atoms with E-state index in [1.54, 1.807) is 0 Å². The lowest BCUT2D eigenvalue weighted by Gasteiger charge is -2.15. The minimum atomic E-state index is -1.08. The Morgan fingerprint density at radius 1 is 0.857 bits per heavy atom. The number of amides is 1. The molecule has 0 bridgehead atoms. The SMILES string of the molecule is CCCCCCCCCCCCC(=O)OCC(O)COC(=O)[C@@H](C)NC(C)=O. The van der Waals surface area contributed by atoms with Gasteiger partial charge in [0.1, 0.15) is 25.4 Å². The van der Waals surface area contributed by atoms with Crippen molar-refractivity contribution in [3.8, 4) is 0 Å². The van der Waals surface area contributed by atoms with Crippen LogP contribution in [0.1, 0.15) is 91.4 Å². The van der Waals surface area contributed by atoms with Crippen LogP contribution in [0.25, 0.3) is 0 Å². The minimum absolute atomic E-state index is 0.210. The van der Waals surface area contributed by atoms with Gasteiger partial charge in [0, 0.05) is 13.3 Å². The Kier molecular flexibility index (Phi) is 16.5. The van der Waals surface area contributed by atoms with Gasteiger partial charge < -0.3 is 19.9 Å².